The van der Waals surface area contributed by atoms with Gasteiger partial charge >= 0.3 is 0 Å². The topological polar surface area (TPSA) is 56.1 Å². The van der Waals surface area contributed by atoms with Crippen LogP contribution in [0, 0.1) is 6.92 Å². The molecular weight excluding hydrogens is 385 g/mol. The van der Waals surface area contributed by atoms with E-state index >= 15 is 0 Å². The van der Waals surface area contributed by atoms with Gasteiger partial charge in [-0.1, -0.05) is 35.3 Å². The third-order valence-corrected chi connectivity index (χ3v) is 4.60. The Kier molecular flexibility index (Phi) is 6.37. The average Bonchev–Trinajstić information content (AvgIpc) is 3.08. The van der Waals surface area contributed by atoms with Gasteiger partial charge in [0.1, 0.15) is 12.4 Å². The molecule has 0 saturated carbocycles. The van der Waals surface area contributed by atoms with Gasteiger partial charge in [-0.05, 0) is 48.4 Å². The van der Waals surface area contributed by atoms with Crippen LogP contribution in [0.4, 0.5) is 0 Å². The van der Waals surface area contributed by atoms with E-state index in [1.165, 1.54) is 0 Å². The minimum atomic E-state index is -0.131. The Morgan fingerprint density at radius 2 is 1.96 bits per heavy atom. The molecule has 0 bridgehead atoms. The molecule has 0 saturated heterocycles. The molecule has 7 heteroatoms. The van der Waals surface area contributed by atoms with Crippen molar-refractivity contribution in [3.8, 4) is 5.75 Å². The first-order valence-electron chi connectivity index (χ1n) is 8.45. The van der Waals surface area contributed by atoms with Gasteiger partial charge in [0.15, 0.2) is 0 Å². The second-order valence-electron chi connectivity index (χ2n) is 6.07. The van der Waals surface area contributed by atoms with E-state index in [4.69, 9.17) is 27.9 Å². The average molecular weight is 404 g/mol. The lowest BCUT2D eigenvalue weighted by Gasteiger charge is -2.09. The van der Waals surface area contributed by atoms with Crippen molar-refractivity contribution in [1.82, 2.24) is 15.1 Å². The van der Waals surface area contributed by atoms with E-state index in [1.807, 2.05) is 37.3 Å². The lowest BCUT2D eigenvalue weighted by molar-refractivity contribution is 0.0952. The lowest BCUT2D eigenvalue weighted by atomic mass is 10.1. The van der Waals surface area contributed by atoms with Crippen molar-refractivity contribution in [2.75, 3.05) is 6.54 Å². The Bertz CT molecular complexity index is 923. The maximum atomic E-state index is 12.2. The normalized spacial score (nSPS) is 10.6. The van der Waals surface area contributed by atoms with Crippen molar-refractivity contribution in [1.29, 1.82) is 0 Å². The highest BCUT2D eigenvalue weighted by atomic mass is 35.5. The monoisotopic (exact) mass is 403 g/mol. The fourth-order valence-corrected chi connectivity index (χ4v) is 2.75. The summed E-state index contributed by atoms with van der Waals surface area (Å²) >= 11 is 11.8. The van der Waals surface area contributed by atoms with E-state index in [2.05, 4.69) is 10.4 Å². The highest BCUT2D eigenvalue weighted by Crippen LogP contribution is 2.21. The van der Waals surface area contributed by atoms with Crippen molar-refractivity contribution in [3.63, 3.8) is 0 Å². The molecule has 0 aliphatic rings. The minimum absolute atomic E-state index is 0.131. The van der Waals surface area contributed by atoms with Crippen LogP contribution in [0.5, 0.6) is 5.75 Å². The number of carbonyl (C=O) groups excluding carboxylic acids is 1. The van der Waals surface area contributed by atoms with E-state index in [0.29, 0.717) is 35.3 Å². The van der Waals surface area contributed by atoms with Crippen LogP contribution < -0.4 is 10.1 Å². The SMILES string of the molecule is Cc1cc(OCc2ccc(C(=O)NCCn3cc(Cl)cn3)cc2)ccc1Cl. The van der Waals surface area contributed by atoms with Gasteiger partial charge in [-0.25, -0.2) is 0 Å². The first-order valence-corrected chi connectivity index (χ1v) is 9.21. The summed E-state index contributed by atoms with van der Waals surface area (Å²) in [5.74, 6) is 0.631. The number of rotatable bonds is 7. The number of nitrogens with one attached hydrogen (secondary N) is 1. The van der Waals surface area contributed by atoms with Crippen LogP contribution in [-0.4, -0.2) is 22.2 Å². The van der Waals surface area contributed by atoms with Crippen LogP contribution in [0.3, 0.4) is 0 Å². The summed E-state index contributed by atoms with van der Waals surface area (Å²) in [4.78, 5) is 12.2. The molecule has 0 unspecified atom stereocenters. The first kappa shape index (κ1) is 19.3. The van der Waals surface area contributed by atoms with Crippen LogP contribution in [0.2, 0.25) is 10.0 Å². The van der Waals surface area contributed by atoms with Gasteiger partial charge in [0, 0.05) is 23.3 Å². The highest BCUT2D eigenvalue weighted by Gasteiger charge is 2.06. The van der Waals surface area contributed by atoms with Crippen LogP contribution in [0.15, 0.2) is 54.9 Å². The second-order valence-corrected chi connectivity index (χ2v) is 6.92. The molecule has 0 fully saturated rings. The molecule has 0 spiro atoms. The molecular formula is C20H19Cl2N3O2. The number of hydrogen-bond donors (Lipinski definition) is 1. The quantitative estimate of drug-likeness (QED) is 0.631. The maximum Gasteiger partial charge on any atom is 0.251 e. The predicted molar refractivity (Wildman–Crippen MR) is 107 cm³/mol. The smallest absolute Gasteiger partial charge is 0.251 e. The maximum absolute atomic E-state index is 12.2. The molecule has 5 nitrogen and oxygen atoms in total. The number of nitrogens with zero attached hydrogens (tertiary/aromatic N) is 2. The first-order chi connectivity index (χ1) is 13.0. The summed E-state index contributed by atoms with van der Waals surface area (Å²) in [6.07, 6.45) is 3.28. The summed E-state index contributed by atoms with van der Waals surface area (Å²) < 4.78 is 7.45. The third-order valence-electron chi connectivity index (χ3n) is 3.98. The van der Waals surface area contributed by atoms with Crippen molar-refractivity contribution in [2.24, 2.45) is 0 Å². The fraction of sp³-hybridized carbons (Fsp3) is 0.200. The van der Waals surface area contributed by atoms with Gasteiger partial charge in [-0.3, -0.25) is 9.48 Å². The fourth-order valence-electron chi connectivity index (χ4n) is 2.47. The summed E-state index contributed by atoms with van der Waals surface area (Å²) in [5.41, 5.74) is 2.54. The molecule has 3 aromatic rings. The molecule has 27 heavy (non-hydrogen) atoms. The van der Waals surface area contributed by atoms with Crippen molar-refractivity contribution in [2.45, 2.75) is 20.1 Å². The van der Waals surface area contributed by atoms with Crippen LogP contribution in [0.25, 0.3) is 0 Å². The van der Waals surface area contributed by atoms with Gasteiger partial charge in [-0.15, -0.1) is 0 Å². The number of carbonyl (C=O) groups is 1. The zero-order chi connectivity index (χ0) is 19.2. The summed E-state index contributed by atoms with van der Waals surface area (Å²) in [5, 5.41) is 8.22. The van der Waals surface area contributed by atoms with Crippen LogP contribution >= 0.6 is 23.2 Å². The van der Waals surface area contributed by atoms with E-state index in [0.717, 1.165) is 16.9 Å². The van der Waals surface area contributed by atoms with Crippen molar-refractivity contribution >= 4 is 29.1 Å². The Hall–Kier alpha value is -2.50. The van der Waals surface area contributed by atoms with Gasteiger partial charge in [-0.2, -0.15) is 5.10 Å². The third kappa shape index (κ3) is 5.49. The summed E-state index contributed by atoms with van der Waals surface area (Å²) in [6, 6.07) is 12.9. The van der Waals surface area contributed by atoms with Gasteiger partial charge < -0.3 is 10.1 Å². The van der Waals surface area contributed by atoms with Crippen molar-refractivity contribution in [3.05, 3.63) is 81.6 Å². The zero-order valence-electron chi connectivity index (χ0n) is 14.8. The number of aryl methyl sites for hydroxylation is 1. The number of amides is 1. The van der Waals surface area contributed by atoms with E-state index in [1.54, 1.807) is 29.2 Å². The number of hydrogen-bond acceptors (Lipinski definition) is 3. The molecule has 1 amide bonds. The molecule has 1 aromatic heterocycles. The minimum Gasteiger partial charge on any atom is -0.489 e. The Labute approximate surface area is 167 Å². The molecule has 0 aliphatic heterocycles. The molecule has 2 aromatic carbocycles. The molecule has 0 aliphatic carbocycles. The van der Waals surface area contributed by atoms with Gasteiger partial charge in [0.25, 0.3) is 5.91 Å². The molecule has 0 atom stereocenters. The largest absolute Gasteiger partial charge is 0.489 e. The molecule has 3 rings (SSSR count). The number of aromatic nitrogens is 2. The Morgan fingerprint density at radius 3 is 2.63 bits per heavy atom. The van der Waals surface area contributed by atoms with Crippen molar-refractivity contribution < 1.29 is 9.53 Å². The zero-order valence-corrected chi connectivity index (χ0v) is 16.3. The number of ether oxygens (including phenoxy) is 1. The van der Waals surface area contributed by atoms with Crippen LogP contribution in [0.1, 0.15) is 21.5 Å². The van der Waals surface area contributed by atoms with E-state index in [-0.39, 0.29) is 5.91 Å². The number of benzene rings is 2. The second kappa shape index (κ2) is 8.93. The van der Waals surface area contributed by atoms with Crippen LogP contribution in [-0.2, 0) is 13.2 Å². The van der Waals surface area contributed by atoms with Gasteiger partial charge in [0.2, 0.25) is 0 Å². The van der Waals surface area contributed by atoms with E-state index < -0.39 is 0 Å². The van der Waals surface area contributed by atoms with E-state index in [9.17, 15) is 4.79 Å². The molecule has 1 heterocycles. The molecule has 0 radical (unpaired) electrons. The summed E-state index contributed by atoms with van der Waals surface area (Å²) in [7, 11) is 0. The van der Waals surface area contributed by atoms with Gasteiger partial charge in [0.05, 0.1) is 17.8 Å². The molecule has 1 N–H and O–H groups in total. The highest BCUT2D eigenvalue weighted by molar-refractivity contribution is 6.31. The number of halogens is 2. The summed E-state index contributed by atoms with van der Waals surface area (Å²) in [6.45, 7) is 3.38. The lowest BCUT2D eigenvalue weighted by Crippen LogP contribution is -2.27. The Balaban J connectivity index is 1.48. The molecule has 140 valence electrons. The Morgan fingerprint density at radius 1 is 1.19 bits per heavy atom. The standard InChI is InChI=1S/C20H19Cl2N3O2/c1-14-10-18(6-7-19(14)22)27-13-15-2-4-16(5-3-15)20(26)23-8-9-25-12-17(21)11-24-25/h2-7,10-12H,8-9,13H2,1H3,(H,23,26). The predicted octanol–water partition coefficient (Wildman–Crippen LogP) is 4.51.